The number of carbonyl (C=O) groups excluding carboxylic acids is 1. The monoisotopic (exact) mass is 294 g/mol. The first-order chi connectivity index (χ1) is 10.7. The number of nitrogens with one attached hydrogen (secondary N) is 1. The topological polar surface area (TPSA) is 59.3 Å². The van der Waals surface area contributed by atoms with E-state index in [4.69, 9.17) is 0 Å². The van der Waals surface area contributed by atoms with Crippen molar-refractivity contribution >= 4 is 11.6 Å². The molecule has 0 aromatic carbocycles. The molecule has 3 aromatic rings. The van der Waals surface area contributed by atoms with Crippen LogP contribution in [-0.4, -0.2) is 20.3 Å². The molecule has 0 atom stereocenters. The van der Waals surface area contributed by atoms with Crippen LogP contribution in [0.15, 0.2) is 42.9 Å². The average molecular weight is 294 g/mol. The summed E-state index contributed by atoms with van der Waals surface area (Å²) in [6.07, 6.45) is 6.04. The van der Waals surface area contributed by atoms with Crippen molar-refractivity contribution in [2.75, 3.05) is 0 Å². The zero-order chi connectivity index (χ0) is 15.5. The van der Waals surface area contributed by atoms with Gasteiger partial charge in [-0.25, -0.2) is 4.98 Å². The van der Waals surface area contributed by atoms with Crippen molar-refractivity contribution < 1.29 is 4.79 Å². The standard InChI is InChI=1S/C17H18N4O/c1-3-14-15(21-10-4-5-12(2)16(21)20-14)17(22)19-11-13-6-8-18-9-7-13/h4-10H,3,11H2,1-2H3,(H,19,22). The molecule has 0 spiro atoms. The molecule has 0 aliphatic carbocycles. The van der Waals surface area contributed by atoms with Crippen LogP contribution in [0.2, 0.25) is 0 Å². The summed E-state index contributed by atoms with van der Waals surface area (Å²) in [5, 5.41) is 2.96. The van der Waals surface area contributed by atoms with Crippen LogP contribution < -0.4 is 5.32 Å². The Kier molecular flexibility index (Phi) is 3.87. The number of aryl methyl sites for hydroxylation is 2. The van der Waals surface area contributed by atoms with Crippen LogP contribution in [0.1, 0.15) is 34.2 Å². The lowest BCUT2D eigenvalue weighted by Gasteiger charge is -2.07. The Morgan fingerprint density at radius 1 is 1.27 bits per heavy atom. The summed E-state index contributed by atoms with van der Waals surface area (Å²) in [6, 6.07) is 7.71. The Balaban J connectivity index is 1.91. The lowest BCUT2D eigenvalue weighted by atomic mass is 10.2. The first-order valence-corrected chi connectivity index (χ1v) is 7.34. The number of imidazole rings is 1. The Morgan fingerprint density at radius 3 is 2.77 bits per heavy atom. The van der Waals surface area contributed by atoms with Gasteiger partial charge in [0.05, 0.1) is 5.69 Å². The molecule has 0 bridgehead atoms. The number of hydrogen-bond donors (Lipinski definition) is 1. The number of carbonyl (C=O) groups is 1. The Morgan fingerprint density at radius 2 is 2.05 bits per heavy atom. The van der Waals surface area contributed by atoms with E-state index in [9.17, 15) is 4.79 Å². The Hall–Kier alpha value is -2.69. The molecule has 0 aliphatic heterocycles. The van der Waals surface area contributed by atoms with Gasteiger partial charge in [0.25, 0.3) is 5.91 Å². The van der Waals surface area contributed by atoms with Crippen molar-refractivity contribution in [3.8, 4) is 0 Å². The number of nitrogens with zero attached hydrogens (tertiary/aromatic N) is 3. The van der Waals surface area contributed by atoms with E-state index in [0.29, 0.717) is 12.2 Å². The highest BCUT2D eigenvalue weighted by Crippen LogP contribution is 2.16. The molecule has 3 aromatic heterocycles. The van der Waals surface area contributed by atoms with Crippen LogP contribution in [0.5, 0.6) is 0 Å². The van der Waals surface area contributed by atoms with Gasteiger partial charge in [-0.1, -0.05) is 13.0 Å². The smallest absolute Gasteiger partial charge is 0.270 e. The highest BCUT2D eigenvalue weighted by molar-refractivity contribution is 5.94. The largest absolute Gasteiger partial charge is 0.347 e. The second-order valence-electron chi connectivity index (χ2n) is 5.18. The van der Waals surface area contributed by atoms with Crippen molar-refractivity contribution in [2.45, 2.75) is 26.8 Å². The zero-order valence-electron chi connectivity index (χ0n) is 12.7. The fraction of sp³-hybridized carbons (Fsp3) is 0.235. The minimum atomic E-state index is -0.105. The van der Waals surface area contributed by atoms with Crippen LogP contribution in [0.3, 0.4) is 0 Å². The minimum Gasteiger partial charge on any atom is -0.347 e. The Bertz CT molecular complexity index is 808. The third-order valence-electron chi connectivity index (χ3n) is 3.67. The summed E-state index contributed by atoms with van der Waals surface area (Å²) < 4.78 is 1.87. The van der Waals surface area contributed by atoms with Gasteiger partial charge in [0.1, 0.15) is 11.3 Å². The molecule has 22 heavy (non-hydrogen) atoms. The van der Waals surface area contributed by atoms with Crippen molar-refractivity contribution in [3.05, 3.63) is 65.4 Å². The van der Waals surface area contributed by atoms with E-state index in [1.54, 1.807) is 12.4 Å². The van der Waals surface area contributed by atoms with Gasteiger partial charge in [-0.05, 0) is 42.7 Å². The maximum Gasteiger partial charge on any atom is 0.270 e. The molecule has 3 rings (SSSR count). The minimum absolute atomic E-state index is 0.105. The van der Waals surface area contributed by atoms with Crippen molar-refractivity contribution in [2.24, 2.45) is 0 Å². The van der Waals surface area contributed by atoms with E-state index in [-0.39, 0.29) is 5.91 Å². The number of pyridine rings is 2. The normalized spacial score (nSPS) is 10.8. The first-order valence-electron chi connectivity index (χ1n) is 7.34. The SMILES string of the molecule is CCc1nc2c(C)cccn2c1C(=O)NCc1ccncc1. The van der Waals surface area contributed by atoms with Crippen molar-refractivity contribution in [1.82, 2.24) is 19.7 Å². The maximum atomic E-state index is 12.6. The third-order valence-corrected chi connectivity index (χ3v) is 3.67. The van der Waals surface area contributed by atoms with Crippen LogP contribution in [-0.2, 0) is 13.0 Å². The fourth-order valence-electron chi connectivity index (χ4n) is 2.50. The second-order valence-corrected chi connectivity index (χ2v) is 5.18. The van der Waals surface area contributed by atoms with Gasteiger partial charge in [0.2, 0.25) is 0 Å². The van der Waals surface area contributed by atoms with Crippen LogP contribution in [0, 0.1) is 6.92 Å². The second kappa shape index (κ2) is 5.97. The van der Waals surface area contributed by atoms with Crippen LogP contribution in [0.25, 0.3) is 5.65 Å². The van der Waals surface area contributed by atoms with E-state index in [1.165, 1.54) is 0 Å². The maximum absolute atomic E-state index is 12.6. The van der Waals surface area contributed by atoms with Gasteiger partial charge < -0.3 is 5.32 Å². The van der Waals surface area contributed by atoms with E-state index in [2.05, 4.69) is 15.3 Å². The predicted octanol–water partition coefficient (Wildman–Crippen LogP) is 2.53. The number of fused-ring (bicyclic) bond motifs is 1. The molecular weight excluding hydrogens is 276 g/mol. The third kappa shape index (κ3) is 2.57. The highest BCUT2D eigenvalue weighted by atomic mass is 16.1. The van der Waals surface area contributed by atoms with Gasteiger partial charge in [-0.2, -0.15) is 0 Å². The molecule has 0 fully saturated rings. The molecule has 0 radical (unpaired) electrons. The van der Waals surface area contributed by atoms with Gasteiger partial charge in [0.15, 0.2) is 0 Å². The lowest BCUT2D eigenvalue weighted by Crippen LogP contribution is -2.25. The zero-order valence-corrected chi connectivity index (χ0v) is 12.7. The van der Waals surface area contributed by atoms with Gasteiger partial charge in [-0.15, -0.1) is 0 Å². The van der Waals surface area contributed by atoms with E-state index in [1.807, 2.05) is 48.7 Å². The molecule has 0 aliphatic rings. The molecule has 0 saturated heterocycles. The lowest BCUT2D eigenvalue weighted by molar-refractivity contribution is 0.0944. The number of aromatic nitrogens is 3. The molecule has 0 unspecified atom stereocenters. The molecule has 1 N–H and O–H groups in total. The van der Waals surface area contributed by atoms with Crippen LogP contribution >= 0.6 is 0 Å². The molecule has 5 nitrogen and oxygen atoms in total. The average Bonchev–Trinajstić information content (AvgIpc) is 2.94. The summed E-state index contributed by atoms with van der Waals surface area (Å²) >= 11 is 0. The summed E-state index contributed by atoms with van der Waals surface area (Å²) in [6.45, 7) is 4.49. The van der Waals surface area contributed by atoms with Gasteiger partial charge in [0, 0.05) is 25.1 Å². The molecule has 1 amide bonds. The number of amides is 1. The molecule has 5 heteroatoms. The predicted molar refractivity (Wildman–Crippen MR) is 84.7 cm³/mol. The fourth-order valence-corrected chi connectivity index (χ4v) is 2.50. The van der Waals surface area contributed by atoms with E-state index in [0.717, 1.165) is 28.9 Å². The number of rotatable bonds is 4. The molecular formula is C17H18N4O. The Labute approximate surface area is 129 Å². The van der Waals surface area contributed by atoms with E-state index >= 15 is 0 Å². The summed E-state index contributed by atoms with van der Waals surface area (Å²) in [7, 11) is 0. The summed E-state index contributed by atoms with van der Waals surface area (Å²) in [4.78, 5) is 21.2. The highest BCUT2D eigenvalue weighted by Gasteiger charge is 2.18. The summed E-state index contributed by atoms with van der Waals surface area (Å²) in [5.74, 6) is -0.105. The quantitative estimate of drug-likeness (QED) is 0.804. The molecule has 3 heterocycles. The summed E-state index contributed by atoms with van der Waals surface area (Å²) in [5.41, 5.74) is 4.36. The van der Waals surface area contributed by atoms with Crippen molar-refractivity contribution in [1.29, 1.82) is 0 Å². The van der Waals surface area contributed by atoms with Crippen LogP contribution in [0.4, 0.5) is 0 Å². The van der Waals surface area contributed by atoms with Crippen molar-refractivity contribution in [3.63, 3.8) is 0 Å². The van der Waals surface area contributed by atoms with Gasteiger partial charge >= 0.3 is 0 Å². The van der Waals surface area contributed by atoms with E-state index < -0.39 is 0 Å². The number of hydrogen-bond acceptors (Lipinski definition) is 3. The molecule has 112 valence electrons. The first kappa shape index (κ1) is 14.3. The van der Waals surface area contributed by atoms with Gasteiger partial charge in [-0.3, -0.25) is 14.2 Å². The molecule has 0 saturated carbocycles.